The van der Waals surface area contributed by atoms with Crippen LogP contribution < -0.4 is 0 Å². The van der Waals surface area contributed by atoms with Crippen LogP contribution in [0.4, 0.5) is 0 Å². The molecular formula is C12H10Cl3N. The van der Waals surface area contributed by atoms with Crippen molar-refractivity contribution in [2.75, 3.05) is 6.54 Å². The maximum atomic E-state index is 6.10. The van der Waals surface area contributed by atoms with Gasteiger partial charge < -0.3 is 4.90 Å². The molecule has 1 nitrogen and oxygen atoms in total. The Kier molecular flexibility index (Phi) is 3.80. The number of halogens is 3. The van der Waals surface area contributed by atoms with Gasteiger partial charge in [-0.2, -0.15) is 0 Å². The summed E-state index contributed by atoms with van der Waals surface area (Å²) in [6.07, 6.45) is 5.80. The van der Waals surface area contributed by atoms with Crippen LogP contribution in [-0.4, -0.2) is 11.4 Å². The number of hydrogen-bond acceptors (Lipinski definition) is 1. The molecule has 1 heterocycles. The highest BCUT2D eigenvalue weighted by Crippen LogP contribution is 2.23. The third-order valence-electron chi connectivity index (χ3n) is 2.35. The van der Waals surface area contributed by atoms with E-state index in [0.29, 0.717) is 10.0 Å². The van der Waals surface area contributed by atoms with E-state index < -0.39 is 0 Å². The molecule has 84 valence electrons. The lowest BCUT2D eigenvalue weighted by molar-refractivity contribution is 0.405. The maximum Gasteiger partial charge on any atom is 0.0470 e. The maximum absolute atomic E-state index is 6.10. The lowest BCUT2D eigenvalue weighted by atomic mass is 10.2. The van der Waals surface area contributed by atoms with Crippen LogP contribution in [0.25, 0.3) is 0 Å². The SMILES string of the molecule is ClC1=CCN(Cc2ccc(Cl)cc2Cl)C=C1. The molecule has 0 spiro atoms. The van der Waals surface area contributed by atoms with Gasteiger partial charge >= 0.3 is 0 Å². The van der Waals surface area contributed by atoms with Gasteiger partial charge in [0.1, 0.15) is 0 Å². The van der Waals surface area contributed by atoms with E-state index in [-0.39, 0.29) is 0 Å². The molecule has 1 aromatic rings. The first-order valence-corrected chi connectivity index (χ1v) is 6.00. The van der Waals surface area contributed by atoms with Crippen LogP contribution in [0, 0.1) is 0 Å². The molecule has 0 amide bonds. The number of hydrogen-bond donors (Lipinski definition) is 0. The number of rotatable bonds is 2. The summed E-state index contributed by atoms with van der Waals surface area (Å²) < 4.78 is 0. The summed E-state index contributed by atoms with van der Waals surface area (Å²) >= 11 is 17.8. The molecule has 16 heavy (non-hydrogen) atoms. The molecular weight excluding hydrogens is 264 g/mol. The van der Waals surface area contributed by atoms with Gasteiger partial charge in [0.2, 0.25) is 0 Å². The second-order valence-electron chi connectivity index (χ2n) is 3.57. The van der Waals surface area contributed by atoms with Crippen molar-refractivity contribution < 1.29 is 0 Å². The topological polar surface area (TPSA) is 3.24 Å². The Hall–Kier alpha value is -0.630. The molecule has 1 aliphatic heterocycles. The first-order chi connectivity index (χ1) is 7.65. The monoisotopic (exact) mass is 273 g/mol. The molecule has 4 heteroatoms. The van der Waals surface area contributed by atoms with Crippen molar-refractivity contribution in [2.24, 2.45) is 0 Å². The lowest BCUT2D eigenvalue weighted by Gasteiger charge is -2.22. The third-order valence-corrected chi connectivity index (χ3v) is 3.22. The van der Waals surface area contributed by atoms with Crippen LogP contribution in [0.15, 0.2) is 41.6 Å². The van der Waals surface area contributed by atoms with Crippen LogP contribution in [0.2, 0.25) is 10.0 Å². The van der Waals surface area contributed by atoms with Crippen molar-refractivity contribution in [2.45, 2.75) is 6.54 Å². The number of nitrogens with zero attached hydrogens (tertiary/aromatic N) is 1. The summed E-state index contributed by atoms with van der Waals surface area (Å²) in [6.45, 7) is 1.56. The molecule has 0 saturated carbocycles. The fraction of sp³-hybridized carbons (Fsp3) is 0.167. The summed E-state index contributed by atoms with van der Waals surface area (Å²) in [6, 6.07) is 5.55. The minimum atomic E-state index is 0.658. The Bertz CT molecular complexity index is 452. The largest absolute Gasteiger partial charge is 0.369 e. The van der Waals surface area contributed by atoms with Gasteiger partial charge in [0.15, 0.2) is 0 Å². The van der Waals surface area contributed by atoms with Crippen molar-refractivity contribution in [3.05, 3.63) is 57.2 Å². The normalized spacial score (nSPS) is 15.2. The molecule has 0 saturated heterocycles. The number of benzene rings is 1. The van der Waals surface area contributed by atoms with E-state index in [1.807, 2.05) is 30.5 Å². The Labute approximate surface area is 110 Å². The molecule has 0 radical (unpaired) electrons. The Morgan fingerprint density at radius 2 is 2.00 bits per heavy atom. The van der Waals surface area contributed by atoms with E-state index in [2.05, 4.69) is 4.90 Å². The first kappa shape index (κ1) is 11.8. The second kappa shape index (κ2) is 5.13. The molecule has 1 aromatic carbocycles. The second-order valence-corrected chi connectivity index (χ2v) is 4.85. The summed E-state index contributed by atoms with van der Waals surface area (Å²) in [4.78, 5) is 2.13. The van der Waals surface area contributed by atoms with Gasteiger partial charge in [-0.05, 0) is 29.8 Å². The average Bonchev–Trinajstić information content (AvgIpc) is 2.25. The smallest absolute Gasteiger partial charge is 0.0470 e. The molecule has 0 aromatic heterocycles. The fourth-order valence-corrected chi connectivity index (χ4v) is 2.09. The van der Waals surface area contributed by atoms with Crippen LogP contribution in [-0.2, 0) is 6.54 Å². The summed E-state index contributed by atoms with van der Waals surface area (Å²) in [5.74, 6) is 0. The quantitative estimate of drug-likeness (QED) is 0.770. The highest BCUT2D eigenvalue weighted by Gasteiger charge is 2.07. The molecule has 0 atom stereocenters. The molecule has 0 bridgehead atoms. The highest BCUT2D eigenvalue weighted by atomic mass is 35.5. The Balaban J connectivity index is 2.08. The zero-order valence-corrected chi connectivity index (χ0v) is 10.7. The lowest BCUT2D eigenvalue weighted by Crippen LogP contribution is -2.19. The highest BCUT2D eigenvalue weighted by molar-refractivity contribution is 6.35. The van der Waals surface area contributed by atoms with Crippen LogP contribution in [0.1, 0.15) is 5.56 Å². The van der Waals surface area contributed by atoms with Gasteiger partial charge in [0, 0.05) is 34.4 Å². The van der Waals surface area contributed by atoms with Crippen LogP contribution >= 0.6 is 34.8 Å². The first-order valence-electron chi connectivity index (χ1n) is 4.87. The van der Waals surface area contributed by atoms with Crippen LogP contribution in [0.5, 0.6) is 0 Å². The molecule has 0 N–H and O–H groups in total. The van der Waals surface area contributed by atoms with E-state index >= 15 is 0 Å². The van der Waals surface area contributed by atoms with Gasteiger partial charge in [-0.25, -0.2) is 0 Å². The van der Waals surface area contributed by atoms with E-state index in [0.717, 1.165) is 23.7 Å². The zero-order chi connectivity index (χ0) is 11.5. The van der Waals surface area contributed by atoms with Gasteiger partial charge in [-0.15, -0.1) is 0 Å². The molecule has 2 rings (SSSR count). The molecule has 0 aliphatic carbocycles. The molecule has 0 fully saturated rings. The van der Waals surface area contributed by atoms with Gasteiger partial charge in [0.25, 0.3) is 0 Å². The molecule has 1 aliphatic rings. The van der Waals surface area contributed by atoms with Crippen molar-refractivity contribution >= 4 is 34.8 Å². The predicted octanol–water partition coefficient (Wildman–Crippen LogP) is 4.45. The summed E-state index contributed by atoms with van der Waals surface area (Å²) in [7, 11) is 0. The predicted molar refractivity (Wildman–Crippen MR) is 69.9 cm³/mol. The molecule has 0 unspecified atom stereocenters. The van der Waals surface area contributed by atoms with E-state index in [1.165, 1.54) is 0 Å². The zero-order valence-electron chi connectivity index (χ0n) is 8.46. The van der Waals surface area contributed by atoms with Crippen molar-refractivity contribution in [1.82, 2.24) is 4.90 Å². The van der Waals surface area contributed by atoms with Gasteiger partial charge in [-0.1, -0.05) is 40.9 Å². The third kappa shape index (κ3) is 2.94. The van der Waals surface area contributed by atoms with Crippen LogP contribution in [0.3, 0.4) is 0 Å². The minimum absolute atomic E-state index is 0.658. The Morgan fingerprint density at radius 1 is 1.19 bits per heavy atom. The van der Waals surface area contributed by atoms with E-state index in [9.17, 15) is 0 Å². The Morgan fingerprint density at radius 3 is 2.62 bits per heavy atom. The standard InChI is InChI=1S/C12H10Cl3N/c13-10-3-5-16(6-4-10)8-9-1-2-11(14)7-12(9)15/h1-5,7H,6,8H2. The van der Waals surface area contributed by atoms with Gasteiger partial charge in [0.05, 0.1) is 0 Å². The minimum Gasteiger partial charge on any atom is -0.369 e. The van der Waals surface area contributed by atoms with Gasteiger partial charge in [-0.3, -0.25) is 0 Å². The number of allylic oxidation sites excluding steroid dienone is 2. The van der Waals surface area contributed by atoms with Crippen molar-refractivity contribution in [1.29, 1.82) is 0 Å². The van der Waals surface area contributed by atoms with Crippen molar-refractivity contribution in [3.63, 3.8) is 0 Å². The fourth-order valence-electron chi connectivity index (χ4n) is 1.50. The summed E-state index contributed by atoms with van der Waals surface area (Å²) in [5, 5.41) is 2.13. The summed E-state index contributed by atoms with van der Waals surface area (Å²) in [5.41, 5.74) is 1.06. The van der Waals surface area contributed by atoms with Crippen molar-refractivity contribution in [3.8, 4) is 0 Å². The average molecular weight is 275 g/mol. The van der Waals surface area contributed by atoms with E-state index in [4.69, 9.17) is 34.8 Å². The van der Waals surface area contributed by atoms with E-state index in [1.54, 1.807) is 6.07 Å².